The summed E-state index contributed by atoms with van der Waals surface area (Å²) in [5.41, 5.74) is 5.15. The van der Waals surface area contributed by atoms with Crippen molar-refractivity contribution in [1.82, 2.24) is 0 Å². The van der Waals surface area contributed by atoms with Crippen molar-refractivity contribution in [3.8, 4) is 0 Å². The Bertz CT molecular complexity index is 112. The van der Waals surface area contributed by atoms with Gasteiger partial charge >= 0.3 is 0 Å². The van der Waals surface area contributed by atoms with Gasteiger partial charge in [0.25, 0.3) is 0 Å². The smallest absolute Gasteiger partial charge is 0.139 e. The highest BCUT2D eigenvalue weighted by Gasteiger charge is 2.22. The molecule has 0 fully saturated rings. The maximum Gasteiger partial charge on any atom is 0.139 e. The number of rotatable bonds is 4. The molecule has 0 aromatic heterocycles. The lowest BCUT2D eigenvalue weighted by atomic mass is 9.89. The summed E-state index contributed by atoms with van der Waals surface area (Å²) >= 11 is 0. The molecule has 0 aliphatic carbocycles. The fourth-order valence-corrected chi connectivity index (χ4v) is 1.04. The molecule has 0 heterocycles. The Labute approximate surface area is 62.8 Å². The number of aldehydes is 1. The molecule has 0 bridgehead atoms. The number of nitrogens with two attached hydrogens (primary N) is 1. The van der Waals surface area contributed by atoms with Crippen molar-refractivity contribution in [3.63, 3.8) is 0 Å². The van der Waals surface area contributed by atoms with Crippen molar-refractivity contribution in [3.05, 3.63) is 0 Å². The van der Waals surface area contributed by atoms with Crippen LogP contribution in [0, 0.1) is 5.92 Å². The average molecular weight is 143 g/mol. The summed E-state index contributed by atoms with van der Waals surface area (Å²) in [6.45, 7) is 6.08. The molecule has 1 atom stereocenters. The van der Waals surface area contributed by atoms with Gasteiger partial charge in [0.05, 0.1) is 5.54 Å². The summed E-state index contributed by atoms with van der Waals surface area (Å²) < 4.78 is 0. The second-order valence-corrected chi connectivity index (χ2v) is 3.30. The maximum atomic E-state index is 10.5. The van der Waals surface area contributed by atoms with E-state index in [1.165, 1.54) is 0 Å². The van der Waals surface area contributed by atoms with Gasteiger partial charge in [0.1, 0.15) is 6.29 Å². The van der Waals surface area contributed by atoms with Gasteiger partial charge in [-0.2, -0.15) is 0 Å². The van der Waals surface area contributed by atoms with Gasteiger partial charge in [-0.25, -0.2) is 0 Å². The molecule has 2 N–H and O–H groups in total. The van der Waals surface area contributed by atoms with Crippen molar-refractivity contribution in [2.75, 3.05) is 0 Å². The predicted octanol–water partition coefficient (Wildman–Crippen LogP) is 1.34. The number of carbonyl (C=O) groups excluding carboxylic acids is 1. The molecular weight excluding hydrogens is 126 g/mol. The van der Waals surface area contributed by atoms with Crippen LogP contribution in [0.4, 0.5) is 0 Å². The Morgan fingerprint density at radius 2 is 2.10 bits per heavy atom. The first kappa shape index (κ1) is 9.63. The van der Waals surface area contributed by atoms with Gasteiger partial charge < -0.3 is 10.5 Å². The topological polar surface area (TPSA) is 43.1 Å². The second-order valence-electron chi connectivity index (χ2n) is 3.30. The van der Waals surface area contributed by atoms with E-state index in [-0.39, 0.29) is 0 Å². The largest absolute Gasteiger partial charge is 0.319 e. The van der Waals surface area contributed by atoms with E-state index in [0.717, 1.165) is 19.1 Å². The molecule has 0 rings (SSSR count). The molecule has 0 aliphatic heterocycles. The normalized spacial score (nSPS) is 16.9. The molecule has 0 saturated carbocycles. The molecule has 0 unspecified atom stereocenters. The zero-order valence-corrected chi connectivity index (χ0v) is 7.05. The summed E-state index contributed by atoms with van der Waals surface area (Å²) in [4.78, 5) is 10.5. The van der Waals surface area contributed by atoms with Crippen LogP contribution in [0.25, 0.3) is 0 Å². The molecule has 2 nitrogen and oxygen atoms in total. The third kappa shape index (κ3) is 2.97. The molecule has 10 heavy (non-hydrogen) atoms. The van der Waals surface area contributed by atoms with Crippen LogP contribution in [0.1, 0.15) is 33.6 Å². The third-order valence-corrected chi connectivity index (χ3v) is 1.68. The maximum absolute atomic E-state index is 10.5. The quantitative estimate of drug-likeness (QED) is 0.603. The van der Waals surface area contributed by atoms with E-state index >= 15 is 0 Å². The lowest BCUT2D eigenvalue weighted by molar-refractivity contribution is -0.112. The fourth-order valence-electron chi connectivity index (χ4n) is 1.04. The highest BCUT2D eigenvalue weighted by atomic mass is 16.1. The zero-order chi connectivity index (χ0) is 8.20. The van der Waals surface area contributed by atoms with Crippen LogP contribution >= 0.6 is 0 Å². The van der Waals surface area contributed by atoms with Crippen molar-refractivity contribution in [1.29, 1.82) is 0 Å². The summed E-state index contributed by atoms with van der Waals surface area (Å²) in [6.07, 6.45) is 2.38. The molecule has 0 spiro atoms. The van der Waals surface area contributed by atoms with Gasteiger partial charge in [-0.1, -0.05) is 20.8 Å². The lowest BCUT2D eigenvalue weighted by Gasteiger charge is -2.22. The Balaban J connectivity index is 3.92. The SMILES string of the molecule is CC[C@](N)(C=O)CC(C)C. The molecule has 0 saturated heterocycles. The van der Waals surface area contributed by atoms with Gasteiger partial charge in [0, 0.05) is 0 Å². The Kier molecular flexibility index (Phi) is 3.58. The van der Waals surface area contributed by atoms with Crippen LogP contribution in [0.5, 0.6) is 0 Å². The van der Waals surface area contributed by atoms with Crippen LogP contribution in [-0.4, -0.2) is 11.8 Å². The minimum Gasteiger partial charge on any atom is -0.319 e. The van der Waals surface area contributed by atoms with Crippen LogP contribution in [-0.2, 0) is 4.79 Å². The van der Waals surface area contributed by atoms with Crippen LogP contribution in [0.2, 0.25) is 0 Å². The molecule has 0 aliphatic rings. The Morgan fingerprint density at radius 1 is 1.60 bits per heavy atom. The molecule has 60 valence electrons. The van der Waals surface area contributed by atoms with E-state index in [2.05, 4.69) is 13.8 Å². The molecule has 0 amide bonds. The summed E-state index contributed by atoms with van der Waals surface area (Å²) in [5.74, 6) is 0.496. The van der Waals surface area contributed by atoms with E-state index in [4.69, 9.17) is 5.73 Å². The number of hydrogen-bond donors (Lipinski definition) is 1. The van der Waals surface area contributed by atoms with E-state index in [1.54, 1.807) is 0 Å². The minimum absolute atomic E-state index is 0.496. The number of hydrogen-bond acceptors (Lipinski definition) is 2. The highest BCUT2D eigenvalue weighted by Crippen LogP contribution is 2.14. The zero-order valence-electron chi connectivity index (χ0n) is 7.05. The summed E-state index contributed by atoms with van der Waals surface area (Å²) in [5, 5.41) is 0. The van der Waals surface area contributed by atoms with Crippen LogP contribution in [0.15, 0.2) is 0 Å². The van der Waals surface area contributed by atoms with Gasteiger partial charge in [-0.3, -0.25) is 0 Å². The summed E-state index contributed by atoms with van der Waals surface area (Å²) in [7, 11) is 0. The molecule has 0 radical (unpaired) electrons. The minimum atomic E-state index is -0.575. The first-order valence-electron chi connectivity index (χ1n) is 3.79. The van der Waals surface area contributed by atoms with E-state index < -0.39 is 5.54 Å². The molecule has 2 heteroatoms. The predicted molar refractivity (Wildman–Crippen MR) is 42.7 cm³/mol. The van der Waals surface area contributed by atoms with Crippen molar-refractivity contribution in [2.24, 2.45) is 11.7 Å². The van der Waals surface area contributed by atoms with Crippen molar-refractivity contribution in [2.45, 2.75) is 39.2 Å². The molecular formula is C8H17NO. The summed E-state index contributed by atoms with van der Waals surface area (Å²) in [6, 6.07) is 0. The highest BCUT2D eigenvalue weighted by molar-refractivity contribution is 5.63. The van der Waals surface area contributed by atoms with E-state index in [0.29, 0.717) is 5.92 Å². The van der Waals surface area contributed by atoms with Crippen LogP contribution < -0.4 is 5.73 Å². The van der Waals surface area contributed by atoms with Crippen molar-refractivity contribution < 1.29 is 4.79 Å². The van der Waals surface area contributed by atoms with Gasteiger partial charge in [0.2, 0.25) is 0 Å². The van der Waals surface area contributed by atoms with Crippen molar-refractivity contribution >= 4 is 6.29 Å². The number of carbonyl (C=O) groups is 1. The van der Waals surface area contributed by atoms with Gasteiger partial charge in [-0.15, -0.1) is 0 Å². The molecule has 0 aromatic carbocycles. The average Bonchev–Trinajstić information content (AvgIpc) is 1.87. The van der Waals surface area contributed by atoms with Gasteiger partial charge in [-0.05, 0) is 18.8 Å². The monoisotopic (exact) mass is 143 g/mol. The van der Waals surface area contributed by atoms with E-state index in [1.807, 2.05) is 6.92 Å². The second kappa shape index (κ2) is 3.71. The first-order chi connectivity index (χ1) is 4.54. The van der Waals surface area contributed by atoms with Crippen LogP contribution in [0.3, 0.4) is 0 Å². The van der Waals surface area contributed by atoms with Gasteiger partial charge in [0.15, 0.2) is 0 Å². The van der Waals surface area contributed by atoms with E-state index in [9.17, 15) is 4.79 Å². The third-order valence-electron chi connectivity index (χ3n) is 1.68. The Morgan fingerprint density at radius 3 is 2.20 bits per heavy atom. The standard InChI is InChI=1S/C8H17NO/c1-4-8(9,6-10)5-7(2)3/h6-7H,4-5,9H2,1-3H3/t8-/m1/s1. The molecule has 0 aromatic rings. The lowest BCUT2D eigenvalue weighted by Crippen LogP contribution is -2.41. The first-order valence-corrected chi connectivity index (χ1v) is 3.79. The fraction of sp³-hybridized carbons (Fsp3) is 0.875. The Hall–Kier alpha value is -0.370.